The van der Waals surface area contributed by atoms with Crippen LogP contribution in [0, 0.1) is 0 Å². The van der Waals surface area contributed by atoms with Crippen molar-refractivity contribution in [1.82, 2.24) is 0 Å². The monoisotopic (exact) mass is 222 g/mol. The summed E-state index contributed by atoms with van der Waals surface area (Å²) < 4.78 is 10.7. The number of aliphatic hydroxyl groups is 1. The highest BCUT2D eigenvalue weighted by Crippen LogP contribution is 2.08. The third-order valence-electron chi connectivity index (χ3n) is 1.79. The van der Waals surface area contributed by atoms with Crippen molar-refractivity contribution in [2.75, 3.05) is 32.6 Å². The summed E-state index contributed by atoms with van der Waals surface area (Å²) in [5.41, 5.74) is 0. The van der Waals surface area contributed by atoms with E-state index in [2.05, 4.69) is 13.6 Å². The van der Waals surface area contributed by atoms with Gasteiger partial charge in [0.2, 0.25) is 0 Å². The highest BCUT2D eigenvalue weighted by molar-refractivity contribution is 7.36. The van der Waals surface area contributed by atoms with E-state index in [9.17, 15) is 0 Å². The van der Waals surface area contributed by atoms with E-state index in [4.69, 9.17) is 14.6 Å². The van der Waals surface area contributed by atoms with Gasteiger partial charge in [-0.15, -0.1) is 8.58 Å². The number of ether oxygens (including phenoxy) is 2. The highest BCUT2D eigenvalue weighted by Gasteiger charge is 2.01. The zero-order valence-electron chi connectivity index (χ0n) is 9.45. The van der Waals surface area contributed by atoms with Crippen LogP contribution in [0.25, 0.3) is 0 Å². The lowest BCUT2D eigenvalue weighted by molar-refractivity contribution is -0.0111. The lowest BCUT2D eigenvalue weighted by Crippen LogP contribution is -2.17. The van der Waals surface area contributed by atoms with Gasteiger partial charge in [0.25, 0.3) is 0 Å². The Balaban J connectivity index is 3.10. The van der Waals surface area contributed by atoms with E-state index < -0.39 is 0 Å². The van der Waals surface area contributed by atoms with Crippen molar-refractivity contribution in [2.45, 2.75) is 32.5 Å². The second-order valence-corrected chi connectivity index (χ2v) is 4.70. The Hall–Kier alpha value is 0.310. The molecule has 86 valence electrons. The van der Waals surface area contributed by atoms with Gasteiger partial charge in [0.05, 0.1) is 32.0 Å². The standard InChI is InChI=1S/C10H23O3P/c1-9(11)8-12-5-6-13-10(2)4-7-14-3/h9-11,14H,4-8H2,1-3H3. The van der Waals surface area contributed by atoms with E-state index >= 15 is 0 Å². The number of aliphatic hydroxyl groups excluding tert-OH is 1. The Morgan fingerprint density at radius 3 is 2.57 bits per heavy atom. The van der Waals surface area contributed by atoms with Crippen LogP contribution in [0.3, 0.4) is 0 Å². The van der Waals surface area contributed by atoms with Gasteiger partial charge in [-0.05, 0) is 33.1 Å². The summed E-state index contributed by atoms with van der Waals surface area (Å²) in [5.74, 6) is 0. The van der Waals surface area contributed by atoms with Gasteiger partial charge in [0, 0.05) is 0 Å². The average Bonchev–Trinajstić information content (AvgIpc) is 2.13. The van der Waals surface area contributed by atoms with Crippen molar-refractivity contribution in [2.24, 2.45) is 0 Å². The molecular formula is C10H23O3P. The fraction of sp³-hybridized carbons (Fsp3) is 1.00. The predicted molar refractivity (Wildman–Crippen MR) is 61.6 cm³/mol. The maximum Gasteiger partial charge on any atom is 0.0745 e. The highest BCUT2D eigenvalue weighted by atomic mass is 31.1. The van der Waals surface area contributed by atoms with E-state index in [0.717, 1.165) is 15.0 Å². The van der Waals surface area contributed by atoms with Crippen LogP contribution < -0.4 is 0 Å². The topological polar surface area (TPSA) is 38.7 Å². The second kappa shape index (κ2) is 9.85. The van der Waals surface area contributed by atoms with Crippen LogP contribution in [-0.2, 0) is 9.47 Å². The molecule has 3 atom stereocenters. The molecule has 0 aliphatic carbocycles. The molecule has 0 aromatic carbocycles. The summed E-state index contributed by atoms with van der Waals surface area (Å²) in [4.78, 5) is 0. The average molecular weight is 222 g/mol. The Bertz CT molecular complexity index is 120. The molecule has 0 aromatic heterocycles. The van der Waals surface area contributed by atoms with E-state index in [1.54, 1.807) is 6.92 Å². The zero-order valence-corrected chi connectivity index (χ0v) is 10.5. The van der Waals surface area contributed by atoms with Gasteiger partial charge in [-0.2, -0.15) is 0 Å². The second-order valence-electron chi connectivity index (χ2n) is 3.50. The van der Waals surface area contributed by atoms with Crippen LogP contribution in [0.2, 0.25) is 0 Å². The number of hydrogen-bond acceptors (Lipinski definition) is 3. The van der Waals surface area contributed by atoms with Crippen LogP contribution >= 0.6 is 8.58 Å². The Morgan fingerprint density at radius 2 is 2.00 bits per heavy atom. The van der Waals surface area contributed by atoms with Crippen LogP contribution in [0.1, 0.15) is 20.3 Å². The third kappa shape index (κ3) is 10.4. The van der Waals surface area contributed by atoms with Gasteiger partial charge in [-0.25, -0.2) is 0 Å². The molecule has 0 aliphatic rings. The molecule has 0 spiro atoms. The lowest BCUT2D eigenvalue weighted by Gasteiger charge is -2.12. The zero-order chi connectivity index (χ0) is 10.8. The quantitative estimate of drug-likeness (QED) is 0.474. The SMILES string of the molecule is CPCCC(C)OCCOCC(C)O. The molecule has 0 amide bonds. The van der Waals surface area contributed by atoms with Crippen molar-refractivity contribution < 1.29 is 14.6 Å². The van der Waals surface area contributed by atoms with Crippen molar-refractivity contribution in [1.29, 1.82) is 0 Å². The summed E-state index contributed by atoms with van der Waals surface area (Å²) >= 11 is 0. The van der Waals surface area contributed by atoms with Crippen molar-refractivity contribution in [3.63, 3.8) is 0 Å². The van der Waals surface area contributed by atoms with E-state index in [-0.39, 0.29) is 6.10 Å². The van der Waals surface area contributed by atoms with Gasteiger partial charge < -0.3 is 14.6 Å². The fourth-order valence-electron chi connectivity index (χ4n) is 0.993. The molecule has 0 rings (SSSR count). The lowest BCUT2D eigenvalue weighted by atomic mass is 10.3. The smallest absolute Gasteiger partial charge is 0.0745 e. The molecule has 0 heterocycles. The van der Waals surface area contributed by atoms with E-state index in [1.165, 1.54) is 6.16 Å². The molecule has 0 fully saturated rings. The summed E-state index contributed by atoms with van der Waals surface area (Å²) in [6.07, 6.45) is 2.33. The molecule has 0 saturated carbocycles. The van der Waals surface area contributed by atoms with Crippen LogP contribution in [0.4, 0.5) is 0 Å². The Labute approximate surface area is 89.0 Å². The number of hydrogen-bond donors (Lipinski definition) is 1. The molecule has 0 saturated heterocycles. The molecule has 1 N–H and O–H groups in total. The molecular weight excluding hydrogens is 199 g/mol. The van der Waals surface area contributed by atoms with Crippen molar-refractivity contribution in [3.05, 3.63) is 0 Å². The molecule has 14 heavy (non-hydrogen) atoms. The molecule has 3 nitrogen and oxygen atoms in total. The summed E-state index contributed by atoms with van der Waals surface area (Å²) in [7, 11) is 1.01. The summed E-state index contributed by atoms with van der Waals surface area (Å²) in [6.45, 7) is 7.61. The largest absolute Gasteiger partial charge is 0.391 e. The van der Waals surface area contributed by atoms with E-state index in [0.29, 0.717) is 25.9 Å². The molecule has 0 bridgehead atoms. The molecule has 0 aromatic rings. The predicted octanol–water partition coefficient (Wildman–Crippen LogP) is 1.49. The summed E-state index contributed by atoms with van der Waals surface area (Å²) in [6, 6.07) is 0. The van der Waals surface area contributed by atoms with Crippen LogP contribution in [-0.4, -0.2) is 50.0 Å². The van der Waals surface area contributed by atoms with Crippen LogP contribution in [0.5, 0.6) is 0 Å². The van der Waals surface area contributed by atoms with E-state index in [1.807, 2.05) is 0 Å². The minimum atomic E-state index is -0.381. The van der Waals surface area contributed by atoms with Crippen LogP contribution in [0.15, 0.2) is 0 Å². The first-order chi connectivity index (χ1) is 6.66. The van der Waals surface area contributed by atoms with Gasteiger partial charge in [-0.1, -0.05) is 0 Å². The molecule has 0 radical (unpaired) electrons. The van der Waals surface area contributed by atoms with Gasteiger partial charge >= 0.3 is 0 Å². The molecule has 3 unspecified atom stereocenters. The minimum absolute atomic E-state index is 0.331. The molecule has 4 heteroatoms. The third-order valence-corrected chi connectivity index (χ3v) is 2.58. The first kappa shape index (κ1) is 14.3. The maximum absolute atomic E-state index is 8.91. The first-order valence-electron chi connectivity index (χ1n) is 5.18. The fourth-order valence-corrected chi connectivity index (χ4v) is 1.69. The number of rotatable bonds is 9. The van der Waals surface area contributed by atoms with Gasteiger partial charge in [0.1, 0.15) is 0 Å². The normalized spacial score (nSPS) is 16.3. The first-order valence-corrected chi connectivity index (χ1v) is 6.89. The van der Waals surface area contributed by atoms with Gasteiger partial charge in [0.15, 0.2) is 0 Å². The Kier molecular flexibility index (Phi) is 10.1. The maximum atomic E-state index is 8.91. The van der Waals surface area contributed by atoms with Crippen molar-refractivity contribution in [3.8, 4) is 0 Å². The van der Waals surface area contributed by atoms with Gasteiger partial charge in [-0.3, -0.25) is 0 Å². The van der Waals surface area contributed by atoms with Crippen molar-refractivity contribution >= 4 is 8.58 Å². The summed E-state index contributed by atoms with van der Waals surface area (Å²) in [5, 5.41) is 8.91. The molecule has 0 aliphatic heterocycles. The Morgan fingerprint density at radius 1 is 1.29 bits per heavy atom. The minimum Gasteiger partial charge on any atom is -0.391 e.